The standard InChI is InChI=1S/C27H26N2O3/c30-25(28-15-17-9-5-2-6-10-17)22(13-16-7-3-1-4-8-16)29-26(31)23-18-11-12-19(21-14-20(18)21)24(23)27(29)32/h1-12,18-24H,13-15H2,(H,28,30). The van der Waals surface area contributed by atoms with Crippen LogP contribution in [0, 0.1) is 35.5 Å². The minimum absolute atomic E-state index is 0.152. The molecule has 5 nitrogen and oxygen atoms in total. The van der Waals surface area contributed by atoms with Crippen LogP contribution < -0.4 is 5.32 Å². The lowest BCUT2D eigenvalue weighted by molar-refractivity contribution is -0.148. The molecule has 2 aromatic carbocycles. The highest BCUT2D eigenvalue weighted by Gasteiger charge is 2.67. The highest BCUT2D eigenvalue weighted by Crippen LogP contribution is 2.65. The van der Waals surface area contributed by atoms with Crippen LogP contribution in [0.25, 0.3) is 0 Å². The van der Waals surface area contributed by atoms with Crippen molar-refractivity contribution in [1.82, 2.24) is 10.2 Å². The van der Waals surface area contributed by atoms with Crippen LogP contribution in [0.3, 0.4) is 0 Å². The summed E-state index contributed by atoms with van der Waals surface area (Å²) < 4.78 is 0. The fourth-order valence-corrected chi connectivity index (χ4v) is 6.33. The summed E-state index contributed by atoms with van der Waals surface area (Å²) in [7, 11) is 0. The van der Waals surface area contributed by atoms with Crippen LogP contribution in [0.4, 0.5) is 0 Å². The summed E-state index contributed by atoms with van der Waals surface area (Å²) >= 11 is 0. The van der Waals surface area contributed by atoms with E-state index in [-0.39, 0.29) is 41.4 Å². The van der Waals surface area contributed by atoms with Gasteiger partial charge < -0.3 is 5.32 Å². The minimum atomic E-state index is -0.831. The fraction of sp³-hybridized carbons (Fsp3) is 0.370. The average Bonchev–Trinajstić information content (AvgIpc) is 3.61. The Kier molecular flexibility index (Phi) is 4.53. The van der Waals surface area contributed by atoms with Gasteiger partial charge in [0.05, 0.1) is 11.8 Å². The zero-order valence-corrected chi connectivity index (χ0v) is 17.8. The molecule has 162 valence electrons. The third kappa shape index (κ3) is 3.02. The van der Waals surface area contributed by atoms with E-state index in [0.717, 1.165) is 17.5 Å². The van der Waals surface area contributed by atoms with Crippen LogP contribution in [-0.4, -0.2) is 28.7 Å². The molecule has 0 spiro atoms. The predicted octanol–water partition coefficient (Wildman–Crippen LogP) is 2.97. The van der Waals surface area contributed by atoms with Crippen molar-refractivity contribution in [3.8, 4) is 0 Å². The number of hydrogen-bond donors (Lipinski definition) is 1. The second-order valence-electron chi connectivity index (χ2n) is 9.61. The molecule has 1 heterocycles. The number of imide groups is 1. The molecule has 2 saturated carbocycles. The molecule has 1 aliphatic heterocycles. The van der Waals surface area contributed by atoms with Crippen LogP contribution in [0.5, 0.6) is 0 Å². The molecule has 2 bridgehead atoms. The second kappa shape index (κ2) is 7.44. The van der Waals surface area contributed by atoms with Gasteiger partial charge in [-0.2, -0.15) is 0 Å². The maximum Gasteiger partial charge on any atom is 0.243 e. The SMILES string of the molecule is O=C(NCc1ccccc1)C(Cc1ccccc1)N1C(=O)C2C3C=CC(C4CC34)C2C1=O. The summed E-state index contributed by atoms with van der Waals surface area (Å²) in [5.41, 5.74) is 1.92. The van der Waals surface area contributed by atoms with Crippen molar-refractivity contribution < 1.29 is 14.4 Å². The molecule has 5 aliphatic rings. The maximum absolute atomic E-state index is 13.6. The smallest absolute Gasteiger partial charge is 0.243 e. The molecular weight excluding hydrogens is 400 g/mol. The summed E-state index contributed by atoms with van der Waals surface area (Å²) in [6.07, 6.45) is 5.78. The van der Waals surface area contributed by atoms with Crippen molar-refractivity contribution in [2.45, 2.75) is 25.4 Å². The lowest BCUT2D eigenvalue weighted by atomic mass is 9.63. The van der Waals surface area contributed by atoms with Gasteiger partial charge in [-0.25, -0.2) is 0 Å². The number of likely N-dealkylation sites (tertiary alicyclic amines) is 1. The van der Waals surface area contributed by atoms with Gasteiger partial charge in [-0.3, -0.25) is 19.3 Å². The monoisotopic (exact) mass is 426 g/mol. The summed E-state index contributed by atoms with van der Waals surface area (Å²) in [4.78, 5) is 41.9. The molecule has 2 aromatic rings. The number of carbonyl (C=O) groups is 3. The molecule has 0 aromatic heterocycles. The summed E-state index contributed by atoms with van der Waals surface area (Å²) in [6, 6.07) is 18.5. The molecule has 32 heavy (non-hydrogen) atoms. The molecular formula is C27H26N2O3. The van der Waals surface area contributed by atoms with Crippen molar-refractivity contribution in [1.29, 1.82) is 0 Å². The van der Waals surface area contributed by atoms with Crippen LogP contribution in [0.15, 0.2) is 72.8 Å². The first kappa shape index (κ1) is 19.5. The van der Waals surface area contributed by atoms with Gasteiger partial charge >= 0.3 is 0 Å². The van der Waals surface area contributed by atoms with E-state index in [9.17, 15) is 14.4 Å². The Bertz CT molecular complexity index is 1060. The molecule has 3 fully saturated rings. The zero-order chi connectivity index (χ0) is 21.8. The first-order valence-electron chi connectivity index (χ1n) is 11.5. The number of allylic oxidation sites excluding steroid dienone is 2. The summed E-state index contributed by atoms with van der Waals surface area (Å²) in [5, 5.41) is 2.97. The Labute approximate surface area is 187 Å². The van der Waals surface area contributed by atoms with Gasteiger partial charge in [0.15, 0.2) is 0 Å². The van der Waals surface area contributed by atoms with Gasteiger partial charge in [-0.15, -0.1) is 0 Å². The first-order valence-corrected chi connectivity index (χ1v) is 11.5. The number of carbonyl (C=O) groups excluding carboxylic acids is 3. The quantitative estimate of drug-likeness (QED) is 0.571. The van der Waals surface area contributed by atoms with Crippen LogP contribution in [0.2, 0.25) is 0 Å². The summed E-state index contributed by atoms with van der Waals surface area (Å²) in [6.45, 7) is 0.366. The van der Waals surface area contributed by atoms with Gasteiger partial charge in [0.1, 0.15) is 6.04 Å². The minimum Gasteiger partial charge on any atom is -0.350 e. The van der Waals surface area contributed by atoms with Crippen molar-refractivity contribution in [3.05, 3.63) is 83.9 Å². The molecule has 4 aliphatic carbocycles. The number of nitrogens with one attached hydrogen (secondary N) is 1. The second-order valence-corrected chi connectivity index (χ2v) is 9.61. The molecule has 7 atom stereocenters. The van der Waals surface area contributed by atoms with Gasteiger partial charge in [0.2, 0.25) is 17.7 Å². The van der Waals surface area contributed by atoms with E-state index in [1.165, 1.54) is 4.90 Å². The topological polar surface area (TPSA) is 66.5 Å². The fourth-order valence-electron chi connectivity index (χ4n) is 6.33. The highest BCUT2D eigenvalue weighted by molar-refractivity contribution is 6.09. The van der Waals surface area contributed by atoms with Gasteiger partial charge in [0, 0.05) is 13.0 Å². The molecule has 5 heteroatoms. The number of benzene rings is 2. The van der Waals surface area contributed by atoms with Crippen molar-refractivity contribution in [2.24, 2.45) is 35.5 Å². The van der Waals surface area contributed by atoms with Crippen molar-refractivity contribution >= 4 is 17.7 Å². The Morgan fingerprint density at radius 3 is 1.94 bits per heavy atom. The Hall–Kier alpha value is -3.21. The molecule has 0 radical (unpaired) electrons. The molecule has 1 saturated heterocycles. The lowest BCUT2D eigenvalue weighted by Gasteiger charge is -2.37. The number of rotatable bonds is 6. The molecule has 3 amide bonds. The predicted molar refractivity (Wildman–Crippen MR) is 119 cm³/mol. The number of hydrogen-bond acceptors (Lipinski definition) is 3. The number of nitrogens with zero attached hydrogens (tertiary/aromatic N) is 1. The zero-order valence-electron chi connectivity index (χ0n) is 17.8. The maximum atomic E-state index is 13.6. The Morgan fingerprint density at radius 1 is 0.844 bits per heavy atom. The summed E-state index contributed by atoms with van der Waals surface area (Å²) in [5.74, 6) is 0.236. The van der Waals surface area contributed by atoms with Gasteiger partial charge in [-0.05, 0) is 41.2 Å². The van der Waals surface area contributed by atoms with E-state index < -0.39 is 6.04 Å². The van der Waals surface area contributed by atoms with Crippen LogP contribution >= 0.6 is 0 Å². The average molecular weight is 427 g/mol. The van der Waals surface area contributed by atoms with Crippen LogP contribution in [0.1, 0.15) is 17.5 Å². The van der Waals surface area contributed by atoms with E-state index >= 15 is 0 Å². The van der Waals surface area contributed by atoms with E-state index in [1.807, 2.05) is 60.7 Å². The molecule has 1 N–H and O–H groups in total. The number of amides is 3. The van der Waals surface area contributed by atoms with E-state index in [2.05, 4.69) is 17.5 Å². The van der Waals surface area contributed by atoms with E-state index in [4.69, 9.17) is 0 Å². The highest BCUT2D eigenvalue weighted by atomic mass is 16.2. The van der Waals surface area contributed by atoms with E-state index in [0.29, 0.717) is 24.8 Å². The van der Waals surface area contributed by atoms with Crippen molar-refractivity contribution in [3.63, 3.8) is 0 Å². The normalized spacial score (nSPS) is 32.4. The van der Waals surface area contributed by atoms with Crippen LogP contribution in [-0.2, 0) is 27.3 Å². The lowest BCUT2D eigenvalue weighted by Crippen LogP contribution is -2.51. The third-order valence-electron chi connectivity index (χ3n) is 7.89. The van der Waals surface area contributed by atoms with Gasteiger partial charge in [0.25, 0.3) is 0 Å². The molecule has 7 rings (SSSR count). The Balaban J connectivity index is 1.29. The third-order valence-corrected chi connectivity index (χ3v) is 7.89. The first-order chi connectivity index (χ1) is 15.6. The Morgan fingerprint density at radius 2 is 1.38 bits per heavy atom. The van der Waals surface area contributed by atoms with Gasteiger partial charge in [-0.1, -0.05) is 72.8 Å². The molecule has 7 unspecified atom stereocenters. The van der Waals surface area contributed by atoms with E-state index in [1.54, 1.807) is 0 Å². The van der Waals surface area contributed by atoms with Crippen molar-refractivity contribution in [2.75, 3.05) is 0 Å². The largest absolute Gasteiger partial charge is 0.350 e.